The van der Waals surface area contributed by atoms with Gasteiger partial charge in [-0.3, -0.25) is 9.59 Å². The van der Waals surface area contributed by atoms with Crippen molar-refractivity contribution in [3.8, 4) is 0 Å². The van der Waals surface area contributed by atoms with Crippen LogP contribution in [-0.2, 0) is 20.8 Å². The molecule has 1 aromatic carbocycles. The molecule has 0 spiro atoms. The molecule has 0 saturated heterocycles. The second-order valence-corrected chi connectivity index (χ2v) is 10.2. The lowest BCUT2D eigenvalue weighted by Gasteiger charge is -2.34. The van der Waals surface area contributed by atoms with Crippen molar-refractivity contribution in [2.45, 2.75) is 89.3 Å². The first-order valence-corrected chi connectivity index (χ1v) is 12.3. The Morgan fingerprint density at radius 1 is 1.12 bits per heavy atom. The van der Waals surface area contributed by atoms with Crippen molar-refractivity contribution in [2.24, 2.45) is 17.6 Å². The van der Waals surface area contributed by atoms with E-state index < -0.39 is 24.1 Å². The second-order valence-electron chi connectivity index (χ2n) is 10.2. The summed E-state index contributed by atoms with van der Waals surface area (Å²) in [7, 11) is 1.53. The third-order valence-electron chi connectivity index (χ3n) is 7.40. The SMILES string of the molecule is CC(C)C[C@H](C(=O)O)N(C)C(=O)[C@H](NC(=O)[C@H](N)C1CCCCC1)C1CCc2ccccc21. The van der Waals surface area contributed by atoms with E-state index in [2.05, 4.69) is 11.4 Å². The number of carboxylic acid groups (broad SMARTS) is 1. The van der Waals surface area contributed by atoms with E-state index in [-0.39, 0.29) is 29.6 Å². The number of benzene rings is 1. The van der Waals surface area contributed by atoms with E-state index in [1.165, 1.54) is 23.9 Å². The first kappa shape index (κ1) is 25.2. The number of fused-ring (bicyclic) bond motifs is 1. The quantitative estimate of drug-likeness (QED) is 0.527. The van der Waals surface area contributed by atoms with Crippen LogP contribution in [-0.4, -0.2) is 53.0 Å². The van der Waals surface area contributed by atoms with Gasteiger partial charge in [0, 0.05) is 13.0 Å². The standard InChI is InChI=1S/C26H39N3O4/c1-16(2)15-21(26(32)33)29(3)25(31)23(20-14-13-17-9-7-8-12-19(17)20)28-24(30)22(27)18-10-5-4-6-11-18/h7-9,12,16,18,20-23H,4-6,10-11,13-15,27H2,1-3H3,(H,28,30)(H,32,33)/t20?,21-,22-,23-/m1/s1. The molecule has 33 heavy (non-hydrogen) atoms. The molecule has 2 amide bonds. The van der Waals surface area contributed by atoms with E-state index in [9.17, 15) is 19.5 Å². The Bertz CT molecular complexity index is 850. The van der Waals surface area contributed by atoms with Crippen LogP contribution < -0.4 is 11.1 Å². The molecule has 4 atom stereocenters. The van der Waals surface area contributed by atoms with E-state index in [1.807, 2.05) is 32.0 Å². The van der Waals surface area contributed by atoms with Crippen LogP contribution in [0.1, 0.15) is 75.8 Å². The van der Waals surface area contributed by atoms with Crippen LogP contribution in [0.4, 0.5) is 0 Å². The summed E-state index contributed by atoms with van der Waals surface area (Å²) < 4.78 is 0. The number of likely N-dealkylation sites (N-methyl/N-ethyl adjacent to an activating group) is 1. The highest BCUT2D eigenvalue weighted by atomic mass is 16.4. The highest BCUT2D eigenvalue weighted by Gasteiger charge is 2.40. The van der Waals surface area contributed by atoms with Crippen LogP contribution in [0.2, 0.25) is 0 Å². The molecule has 1 unspecified atom stereocenters. The third kappa shape index (κ3) is 5.94. The van der Waals surface area contributed by atoms with Crippen LogP contribution in [0.25, 0.3) is 0 Å². The Balaban J connectivity index is 1.86. The average molecular weight is 458 g/mol. The van der Waals surface area contributed by atoms with Crippen LogP contribution >= 0.6 is 0 Å². The number of nitrogens with zero attached hydrogens (tertiary/aromatic N) is 1. The summed E-state index contributed by atoms with van der Waals surface area (Å²) in [5.41, 5.74) is 8.57. The van der Waals surface area contributed by atoms with Crippen LogP contribution in [0.5, 0.6) is 0 Å². The number of hydrogen-bond acceptors (Lipinski definition) is 4. The van der Waals surface area contributed by atoms with Crippen LogP contribution in [0, 0.1) is 11.8 Å². The van der Waals surface area contributed by atoms with Crippen molar-refractivity contribution in [3.63, 3.8) is 0 Å². The van der Waals surface area contributed by atoms with Crippen molar-refractivity contribution < 1.29 is 19.5 Å². The maximum absolute atomic E-state index is 13.7. The first-order chi connectivity index (χ1) is 15.7. The van der Waals surface area contributed by atoms with Gasteiger partial charge in [-0.05, 0) is 55.1 Å². The van der Waals surface area contributed by atoms with Crippen molar-refractivity contribution in [1.82, 2.24) is 10.2 Å². The minimum atomic E-state index is -1.03. The van der Waals surface area contributed by atoms with Gasteiger partial charge in [-0.1, -0.05) is 57.4 Å². The van der Waals surface area contributed by atoms with E-state index in [1.54, 1.807) is 0 Å². The second kappa shape index (κ2) is 11.1. The van der Waals surface area contributed by atoms with Gasteiger partial charge in [0.05, 0.1) is 6.04 Å². The number of carbonyl (C=O) groups is 3. The summed E-state index contributed by atoms with van der Waals surface area (Å²) in [6.07, 6.45) is 7.06. The normalized spacial score (nSPS) is 21.2. The average Bonchev–Trinajstić information content (AvgIpc) is 3.23. The van der Waals surface area contributed by atoms with Gasteiger partial charge < -0.3 is 21.1 Å². The van der Waals surface area contributed by atoms with Gasteiger partial charge in [0.1, 0.15) is 12.1 Å². The first-order valence-electron chi connectivity index (χ1n) is 12.3. The predicted molar refractivity (Wildman–Crippen MR) is 128 cm³/mol. The lowest BCUT2D eigenvalue weighted by atomic mass is 9.83. The highest BCUT2D eigenvalue weighted by Crippen LogP contribution is 2.36. The van der Waals surface area contributed by atoms with Gasteiger partial charge in [-0.15, -0.1) is 0 Å². The lowest BCUT2D eigenvalue weighted by molar-refractivity contribution is -0.151. The van der Waals surface area contributed by atoms with Gasteiger partial charge in [-0.2, -0.15) is 0 Å². The summed E-state index contributed by atoms with van der Waals surface area (Å²) in [4.78, 5) is 40.2. The van der Waals surface area contributed by atoms with E-state index in [4.69, 9.17) is 5.73 Å². The fourth-order valence-electron chi connectivity index (χ4n) is 5.47. The Labute approximate surface area is 197 Å². The molecular formula is C26H39N3O4. The number of aryl methyl sites for hydroxylation is 1. The Morgan fingerprint density at radius 2 is 1.79 bits per heavy atom. The maximum atomic E-state index is 13.7. The molecule has 0 radical (unpaired) electrons. The summed E-state index contributed by atoms with van der Waals surface area (Å²) in [6.45, 7) is 3.87. The third-order valence-corrected chi connectivity index (χ3v) is 7.40. The van der Waals surface area contributed by atoms with Gasteiger partial charge in [0.15, 0.2) is 0 Å². The zero-order valence-electron chi connectivity index (χ0n) is 20.1. The highest BCUT2D eigenvalue weighted by molar-refractivity contribution is 5.92. The number of nitrogens with two attached hydrogens (primary N) is 1. The molecule has 0 heterocycles. The number of carboxylic acids is 1. The number of amides is 2. The Kier molecular flexibility index (Phi) is 8.51. The maximum Gasteiger partial charge on any atom is 0.326 e. The lowest BCUT2D eigenvalue weighted by Crippen LogP contribution is -2.57. The minimum Gasteiger partial charge on any atom is -0.480 e. The topological polar surface area (TPSA) is 113 Å². The van der Waals surface area contributed by atoms with Gasteiger partial charge in [-0.25, -0.2) is 4.79 Å². The number of nitrogens with one attached hydrogen (secondary N) is 1. The molecule has 0 aromatic heterocycles. The minimum absolute atomic E-state index is 0.112. The molecule has 7 heteroatoms. The predicted octanol–water partition coefficient (Wildman–Crippen LogP) is 3.07. The summed E-state index contributed by atoms with van der Waals surface area (Å²) in [5.74, 6) is -1.68. The molecule has 2 aliphatic rings. The smallest absolute Gasteiger partial charge is 0.326 e. The Hall–Kier alpha value is -2.41. The van der Waals surface area contributed by atoms with Crippen molar-refractivity contribution >= 4 is 17.8 Å². The van der Waals surface area contributed by atoms with Gasteiger partial charge in [0.25, 0.3) is 0 Å². The van der Waals surface area contributed by atoms with E-state index >= 15 is 0 Å². The molecule has 4 N–H and O–H groups in total. The van der Waals surface area contributed by atoms with E-state index in [0.717, 1.165) is 44.1 Å². The summed E-state index contributed by atoms with van der Waals surface area (Å²) in [5, 5.41) is 12.8. The van der Waals surface area contributed by atoms with Crippen molar-refractivity contribution in [3.05, 3.63) is 35.4 Å². The largest absolute Gasteiger partial charge is 0.480 e. The fourth-order valence-corrected chi connectivity index (χ4v) is 5.47. The van der Waals surface area contributed by atoms with Gasteiger partial charge >= 0.3 is 5.97 Å². The number of rotatable bonds is 9. The van der Waals surface area contributed by atoms with Crippen LogP contribution in [0.3, 0.4) is 0 Å². The molecule has 2 aliphatic carbocycles. The van der Waals surface area contributed by atoms with Crippen LogP contribution in [0.15, 0.2) is 24.3 Å². The molecule has 182 valence electrons. The fraction of sp³-hybridized carbons (Fsp3) is 0.654. The van der Waals surface area contributed by atoms with Crippen molar-refractivity contribution in [2.75, 3.05) is 7.05 Å². The molecular weight excluding hydrogens is 418 g/mol. The molecule has 1 saturated carbocycles. The molecule has 0 aliphatic heterocycles. The van der Waals surface area contributed by atoms with Crippen molar-refractivity contribution in [1.29, 1.82) is 0 Å². The molecule has 1 fully saturated rings. The van der Waals surface area contributed by atoms with E-state index in [0.29, 0.717) is 6.42 Å². The number of carbonyl (C=O) groups excluding carboxylic acids is 2. The molecule has 0 bridgehead atoms. The molecule has 1 aromatic rings. The summed E-state index contributed by atoms with van der Waals surface area (Å²) >= 11 is 0. The monoisotopic (exact) mass is 457 g/mol. The number of hydrogen-bond donors (Lipinski definition) is 3. The van der Waals surface area contributed by atoms with Gasteiger partial charge in [0.2, 0.25) is 11.8 Å². The summed E-state index contributed by atoms with van der Waals surface area (Å²) in [6, 6.07) is 5.53. The zero-order valence-corrected chi connectivity index (χ0v) is 20.1. The molecule has 7 nitrogen and oxygen atoms in total. The Morgan fingerprint density at radius 3 is 2.42 bits per heavy atom. The molecule has 3 rings (SSSR count). The number of aliphatic carboxylic acids is 1. The zero-order chi connectivity index (χ0) is 24.1.